The summed E-state index contributed by atoms with van der Waals surface area (Å²) in [5.41, 5.74) is 5.90. The van der Waals surface area contributed by atoms with Crippen LogP contribution < -0.4 is 5.73 Å². The normalized spacial score (nSPS) is 25.7. The third kappa shape index (κ3) is 1.10. The molecule has 1 aliphatic rings. The summed E-state index contributed by atoms with van der Waals surface area (Å²) in [6, 6.07) is 0.225. The molecule has 0 bridgehead atoms. The van der Waals surface area contributed by atoms with E-state index in [4.69, 9.17) is 10.8 Å². The molecule has 0 aromatic carbocycles. The Morgan fingerprint density at radius 3 is 2.33 bits per heavy atom. The molecule has 1 saturated carbocycles. The first-order valence-electron chi connectivity index (χ1n) is 3.61. The minimum absolute atomic E-state index is 0.134. The summed E-state index contributed by atoms with van der Waals surface area (Å²) in [5, 5.41) is 8.88. The lowest BCUT2D eigenvalue weighted by atomic mass is 9.96. The van der Waals surface area contributed by atoms with Crippen molar-refractivity contribution in [2.75, 3.05) is 6.61 Å². The van der Waals surface area contributed by atoms with E-state index in [0.717, 1.165) is 19.3 Å². The van der Waals surface area contributed by atoms with E-state index in [-0.39, 0.29) is 18.1 Å². The average Bonchev–Trinajstić information content (AvgIpc) is 2.66. The number of aliphatic hydroxyl groups is 1. The number of rotatable bonds is 3. The Kier molecular flexibility index (Phi) is 1.78. The van der Waals surface area contributed by atoms with Crippen molar-refractivity contribution in [1.82, 2.24) is 0 Å². The van der Waals surface area contributed by atoms with Crippen molar-refractivity contribution in [2.24, 2.45) is 11.1 Å². The van der Waals surface area contributed by atoms with Crippen LogP contribution in [0.2, 0.25) is 0 Å². The molecular weight excluding hydrogens is 114 g/mol. The van der Waals surface area contributed by atoms with Crippen molar-refractivity contribution in [3.8, 4) is 0 Å². The molecule has 0 amide bonds. The van der Waals surface area contributed by atoms with Gasteiger partial charge in [-0.15, -0.1) is 0 Å². The van der Waals surface area contributed by atoms with Gasteiger partial charge in [0.1, 0.15) is 0 Å². The van der Waals surface area contributed by atoms with Crippen LogP contribution in [0.5, 0.6) is 0 Å². The van der Waals surface area contributed by atoms with Crippen LogP contribution in [-0.4, -0.2) is 17.8 Å². The summed E-state index contributed by atoms with van der Waals surface area (Å²) in [6.45, 7) is 2.35. The topological polar surface area (TPSA) is 46.2 Å². The minimum Gasteiger partial charge on any atom is -0.396 e. The molecule has 0 saturated heterocycles. The van der Waals surface area contributed by atoms with Crippen molar-refractivity contribution in [3.05, 3.63) is 0 Å². The fourth-order valence-corrected chi connectivity index (χ4v) is 1.24. The predicted octanol–water partition coefficient (Wildman–Crippen LogP) is 0.496. The van der Waals surface area contributed by atoms with Gasteiger partial charge in [0, 0.05) is 11.5 Å². The van der Waals surface area contributed by atoms with Gasteiger partial charge in [-0.05, 0) is 19.3 Å². The molecule has 1 fully saturated rings. The van der Waals surface area contributed by atoms with Crippen molar-refractivity contribution < 1.29 is 5.11 Å². The molecule has 1 aliphatic carbocycles. The van der Waals surface area contributed by atoms with Gasteiger partial charge in [-0.1, -0.05) is 6.92 Å². The Labute approximate surface area is 56.1 Å². The molecule has 0 radical (unpaired) electrons. The van der Waals surface area contributed by atoms with Crippen molar-refractivity contribution in [2.45, 2.75) is 32.2 Å². The van der Waals surface area contributed by atoms with E-state index in [2.05, 4.69) is 6.92 Å². The lowest BCUT2D eigenvalue weighted by molar-refractivity contribution is 0.185. The molecule has 0 aromatic heterocycles. The summed E-state index contributed by atoms with van der Waals surface area (Å²) >= 11 is 0. The minimum atomic E-state index is 0.134. The second-order valence-electron chi connectivity index (χ2n) is 3.04. The SMILES string of the molecule is CCC(N)C1(CO)CC1. The fourth-order valence-electron chi connectivity index (χ4n) is 1.24. The first-order chi connectivity index (χ1) is 4.25. The van der Waals surface area contributed by atoms with E-state index < -0.39 is 0 Å². The molecule has 9 heavy (non-hydrogen) atoms. The summed E-state index contributed by atoms with van der Waals surface area (Å²) < 4.78 is 0. The smallest absolute Gasteiger partial charge is 0.0502 e. The average molecular weight is 129 g/mol. The summed E-state index contributed by atoms with van der Waals surface area (Å²) in [7, 11) is 0. The monoisotopic (exact) mass is 129 g/mol. The lowest BCUT2D eigenvalue weighted by Gasteiger charge is -2.18. The summed E-state index contributed by atoms with van der Waals surface area (Å²) in [5.74, 6) is 0. The molecular formula is C7H15NO. The van der Waals surface area contributed by atoms with E-state index in [1.807, 2.05) is 0 Å². The molecule has 0 spiro atoms. The van der Waals surface area contributed by atoms with Gasteiger partial charge in [0.05, 0.1) is 6.61 Å². The maximum absolute atomic E-state index is 8.88. The second kappa shape index (κ2) is 2.27. The van der Waals surface area contributed by atoms with Gasteiger partial charge < -0.3 is 10.8 Å². The third-order valence-electron chi connectivity index (χ3n) is 2.43. The van der Waals surface area contributed by atoms with Gasteiger partial charge in [0.15, 0.2) is 0 Å². The first kappa shape index (κ1) is 7.03. The highest BCUT2D eigenvalue weighted by molar-refractivity contribution is 4.99. The van der Waals surface area contributed by atoms with E-state index in [9.17, 15) is 0 Å². The van der Waals surface area contributed by atoms with Gasteiger partial charge in [0.25, 0.3) is 0 Å². The van der Waals surface area contributed by atoms with Crippen molar-refractivity contribution >= 4 is 0 Å². The zero-order valence-electron chi connectivity index (χ0n) is 5.93. The Morgan fingerprint density at radius 1 is 1.67 bits per heavy atom. The molecule has 0 aliphatic heterocycles. The molecule has 2 heteroatoms. The fraction of sp³-hybridized carbons (Fsp3) is 1.00. The highest BCUT2D eigenvalue weighted by Crippen LogP contribution is 2.48. The molecule has 2 nitrogen and oxygen atoms in total. The van der Waals surface area contributed by atoms with Crippen LogP contribution in [0.3, 0.4) is 0 Å². The maximum Gasteiger partial charge on any atom is 0.0502 e. The molecule has 1 atom stereocenters. The molecule has 54 valence electrons. The van der Waals surface area contributed by atoms with Gasteiger partial charge in [0.2, 0.25) is 0 Å². The lowest BCUT2D eigenvalue weighted by Crippen LogP contribution is -2.33. The quantitative estimate of drug-likeness (QED) is 0.582. The van der Waals surface area contributed by atoms with E-state index in [0.29, 0.717) is 0 Å². The summed E-state index contributed by atoms with van der Waals surface area (Å²) in [6.07, 6.45) is 3.23. The van der Waals surface area contributed by atoms with Crippen LogP contribution in [0.1, 0.15) is 26.2 Å². The van der Waals surface area contributed by atoms with Crippen molar-refractivity contribution in [1.29, 1.82) is 0 Å². The molecule has 0 aromatic rings. The predicted molar refractivity (Wildman–Crippen MR) is 37.0 cm³/mol. The second-order valence-corrected chi connectivity index (χ2v) is 3.04. The molecule has 0 heterocycles. The van der Waals surface area contributed by atoms with Gasteiger partial charge in [-0.25, -0.2) is 0 Å². The van der Waals surface area contributed by atoms with Gasteiger partial charge in [-0.3, -0.25) is 0 Å². The Morgan fingerprint density at radius 2 is 2.22 bits per heavy atom. The van der Waals surface area contributed by atoms with Crippen LogP contribution in [-0.2, 0) is 0 Å². The first-order valence-corrected chi connectivity index (χ1v) is 3.61. The van der Waals surface area contributed by atoms with Crippen LogP contribution in [0.15, 0.2) is 0 Å². The van der Waals surface area contributed by atoms with Crippen molar-refractivity contribution in [3.63, 3.8) is 0 Å². The number of hydrogen-bond acceptors (Lipinski definition) is 2. The van der Waals surface area contributed by atoms with Gasteiger partial charge >= 0.3 is 0 Å². The Hall–Kier alpha value is -0.0800. The summed E-state index contributed by atoms with van der Waals surface area (Å²) in [4.78, 5) is 0. The standard InChI is InChI=1S/C7H15NO/c1-2-6(8)7(5-9)3-4-7/h6,9H,2-5,8H2,1H3. The molecule has 1 unspecified atom stereocenters. The van der Waals surface area contributed by atoms with Crippen LogP contribution in [0, 0.1) is 5.41 Å². The molecule has 1 rings (SSSR count). The Bertz CT molecular complexity index is 99.1. The Balaban J connectivity index is 2.39. The van der Waals surface area contributed by atoms with Gasteiger partial charge in [-0.2, -0.15) is 0 Å². The molecule has 3 N–H and O–H groups in total. The van der Waals surface area contributed by atoms with E-state index in [1.54, 1.807) is 0 Å². The van der Waals surface area contributed by atoms with Crippen LogP contribution in [0.4, 0.5) is 0 Å². The number of nitrogens with two attached hydrogens (primary N) is 1. The largest absolute Gasteiger partial charge is 0.396 e. The highest BCUT2D eigenvalue weighted by Gasteiger charge is 2.46. The zero-order chi connectivity index (χ0) is 6.91. The maximum atomic E-state index is 8.88. The van der Waals surface area contributed by atoms with Crippen LogP contribution >= 0.6 is 0 Å². The third-order valence-corrected chi connectivity index (χ3v) is 2.43. The van der Waals surface area contributed by atoms with E-state index >= 15 is 0 Å². The van der Waals surface area contributed by atoms with E-state index in [1.165, 1.54) is 0 Å². The zero-order valence-corrected chi connectivity index (χ0v) is 5.93. The highest BCUT2D eigenvalue weighted by atomic mass is 16.3. The number of hydrogen-bond donors (Lipinski definition) is 2. The number of aliphatic hydroxyl groups excluding tert-OH is 1. The van der Waals surface area contributed by atoms with Crippen LogP contribution in [0.25, 0.3) is 0 Å².